The number of anilines is 2. The lowest BCUT2D eigenvalue weighted by Crippen LogP contribution is -2.48. The maximum Gasteiger partial charge on any atom is 0.246 e. The van der Waals surface area contributed by atoms with Crippen molar-refractivity contribution in [3.05, 3.63) is 22.7 Å². The Hall–Kier alpha value is -1.07. The molecule has 19 heavy (non-hydrogen) atoms. The summed E-state index contributed by atoms with van der Waals surface area (Å²) in [6, 6.07) is 6.17. The largest absolute Gasteiger partial charge is 0.393 e. The van der Waals surface area contributed by atoms with E-state index in [1.165, 1.54) is 0 Å². The fraction of sp³-hybridized carbons (Fsp3) is 0.500. The Balaban J connectivity index is 1.90. The van der Waals surface area contributed by atoms with Crippen LogP contribution in [0.5, 0.6) is 0 Å². The van der Waals surface area contributed by atoms with Crippen molar-refractivity contribution in [2.45, 2.75) is 37.8 Å². The van der Waals surface area contributed by atoms with Crippen LogP contribution < -0.4 is 10.2 Å². The number of nitrogens with one attached hydrogen (secondary N) is 1. The van der Waals surface area contributed by atoms with E-state index in [0.717, 1.165) is 41.5 Å². The topological polar surface area (TPSA) is 52.6 Å². The molecule has 1 aliphatic heterocycles. The Morgan fingerprint density at radius 2 is 2.00 bits per heavy atom. The van der Waals surface area contributed by atoms with Gasteiger partial charge in [-0.3, -0.25) is 4.79 Å². The van der Waals surface area contributed by atoms with Crippen LogP contribution in [0.2, 0.25) is 0 Å². The minimum absolute atomic E-state index is 0.121. The summed E-state index contributed by atoms with van der Waals surface area (Å²) in [7, 11) is 0. The molecule has 1 amide bonds. The normalized spacial score (nSPS) is 26.8. The molecule has 1 saturated carbocycles. The van der Waals surface area contributed by atoms with Gasteiger partial charge in [0, 0.05) is 10.5 Å². The van der Waals surface area contributed by atoms with Gasteiger partial charge in [0.2, 0.25) is 5.91 Å². The van der Waals surface area contributed by atoms with Crippen molar-refractivity contribution >= 4 is 33.2 Å². The van der Waals surface area contributed by atoms with E-state index in [1.54, 1.807) is 0 Å². The molecule has 2 aliphatic rings. The van der Waals surface area contributed by atoms with Gasteiger partial charge in [-0.1, -0.05) is 15.9 Å². The molecule has 0 aromatic heterocycles. The van der Waals surface area contributed by atoms with E-state index < -0.39 is 0 Å². The van der Waals surface area contributed by atoms with E-state index in [9.17, 15) is 9.90 Å². The number of benzene rings is 1. The van der Waals surface area contributed by atoms with Crippen molar-refractivity contribution in [1.82, 2.24) is 0 Å². The fourth-order valence-electron chi connectivity index (χ4n) is 2.97. The number of rotatable bonds is 1. The number of halogens is 1. The molecule has 0 atom stereocenters. The molecular formula is C14H17BrN2O2. The summed E-state index contributed by atoms with van der Waals surface area (Å²) in [5.74, 6) is 0.121. The Morgan fingerprint density at radius 1 is 1.26 bits per heavy atom. The number of aliphatic hydroxyl groups excluding tert-OH is 1. The van der Waals surface area contributed by atoms with Crippen LogP contribution in [0, 0.1) is 0 Å². The van der Waals surface area contributed by atoms with Crippen molar-refractivity contribution in [2.75, 3.05) is 16.8 Å². The molecule has 0 bridgehead atoms. The first-order valence-electron chi connectivity index (χ1n) is 6.68. The maximum absolute atomic E-state index is 12.2. The SMILES string of the molecule is O=C1CNc2cc(Br)ccc2N1C1CCC(O)CC1. The average molecular weight is 325 g/mol. The molecule has 5 heteroatoms. The molecule has 0 unspecified atom stereocenters. The number of hydrogen-bond donors (Lipinski definition) is 2. The van der Waals surface area contributed by atoms with Crippen LogP contribution in [0.15, 0.2) is 22.7 Å². The molecular weight excluding hydrogens is 308 g/mol. The minimum Gasteiger partial charge on any atom is -0.393 e. The molecule has 4 nitrogen and oxygen atoms in total. The summed E-state index contributed by atoms with van der Waals surface area (Å²) in [5.41, 5.74) is 1.96. The second kappa shape index (κ2) is 5.13. The van der Waals surface area contributed by atoms with E-state index in [1.807, 2.05) is 23.1 Å². The lowest BCUT2D eigenvalue weighted by molar-refractivity contribution is -0.117. The van der Waals surface area contributed by atoms with Gasteiger partial charge in [0.1, 0.15) is 0 Å². The number of hydrogen-bond acceptors (Lipinski definition) is 3. The molecule has 1 heterocycles. The van der Waals surface area contributed by atoms with Crippen LogP contribution in [0.25, 0.3) is 0 Å². The third kappa shape index (κ3) is 2.49. The molecule has 1 fully saturated rings. The maximum atomic E-state index is 12.2. The Kier molecular flexibility index (Phi) is 3.50. The number of carbonyl (C=O) groups is 1. The molecule has 1 aromatic carbocycles. The number of amides is 1. The van der Waals surface area contributed by atoms with Gasteiger partial charge in [0.15, 0.2) is 0 Å². The first-order valence-corrected chi connectivity index (χ1v) is 7.48. The first-order chi connectivity index (χ1) is 9.15. The Morgan fingerprint density at radius 3 is 2.74 bits per heavy atom. The molecule has 102 valence electrons. The van der Waals surface area contributed by atoms with Crippen molar-refractivity contribution in [3.8, 4) is 0 Å². The standard InChI is InChI=1S/C14H17BrN2O2/c15-9-1-6-13-12(7-9)16-8-14(19)17(13)10-2-4-11(18)5-3-10/h1,6-7,10-11,16,18H,2-5,8H2. The van der Waals surface area contributed by atoms with Gasteiger partial charge < -0.3 is 15.3 Å². The zero-order valence-corrected chi connectivity index (χ0v) is 12.2. The van der Waals surface area contributed by atoms with Gasteiger partial charge >= 0.3 is 0 Å². The summed E-state index contributed by atoms with van der Waals surface area (Å²) in [5, 5.41) is 12.8. The third-order valence-corrected chi connectivity index (χ3v) is 4.44. The van der Waals surface area contributed by atoms with Crippen LogP contribution in [-0.2, 0) is 4.79 Å². The van der Waals surface area contributed by atoms with Gasteiger partial charge in [0.25, 0.3) is 0 Å². The molecule has 3 rings (SSSR count). The van der Waals surface area contributed by atoms with Crippen molar-refractivity contribution in [2.24, 2.45) is 0 Å². The molecule has 2 N–H and O–H groups in total. The van der Waals surface area contributed by atoms with Gasteiger partial charge in [0.05, 0.1) is 24.0 Å². The lowest BCUT2D eigenvalue weighted by atomic mass is 9.91. The van der Waals surface area contributed by atoms with E-state index in [4.69, 9.17) is 0 Å². The second-order valence-corrected chi connectivity index (χ2v) is 6.16. The van der Waals surface area contributed by atoms with Crippen molar-refractivity contribution in [3.63, 3.8) is 0 Å². The third-order valence-electron chi connectivity index (χ3n) is 3.95. The van der Waals surface area contributed by atoms with Gasteiger partial charge in [-0.25, -0.2) is 0 Å². The van der Waals surface area contributed by atoms with Gasteiger partial charge in [-0.2, -0.15) is 0 Å². The summed E-state index contributed by atoms with van der Waals surface area (Å²) in [6.45, 7) is 0.350. The zero-order chi connectivity index (χ0) is 13.4. The second-order valence-electron chi connectivity index (χ2n) is 5.24. The summed E-state index contributed by atoms with van der Waals surface area (Å²) < 4.78 is 1.01. The number of nitrogens with zero attached hydrogens (tertiary/aromatic N) is 1. The monoisotopic (exact) mass is 324 g/mol. The molecule has 0 spiro atoms. The smallest absolute Gasteiger partial charge is 0.246 e. The molecule has 1 aliphatic carbocycles. The summed E-state index contributed by atoms with van der Waals surface area (Å²) >= 11 is 3.45. The van der Waals surface area contributed by atoms with Crippen LogP contribution in [0.1, 0.15) is 25.7 Å². The van der Waals surface area contributed by atoms with Gasteiger partial charge in [-0.05, 0) is 43.9 Å². The zero-order valence-electron chi connectivity index (χ0n) is 10.6. The van der Waals surface area contributed by atoms with E-state index in [0.29, 0.717) is 6.54 Å². The highest BCUT2D eigenvalue weighted by Gasteiger charge is 2.32. The Bertz CT molecular complexity index is 498. The fourth-order valence-corrected chi connectivity index (χ4v) is 3.33. The summed E-state index contributed by atoms with van der Waals surface area (Å²) in [4.78, 5) is 14.1. The van der Waals surface area contributed by atoms with Crippen molar-refractivity contribution in [1.29, 1.82) is 0 Å². The van der Waals surface area contributed by atoms with Gasteiger partial charge in [-0.15, -0.1) is 0 Å². The minimum atomic E-state index is -0.196. The van der Waals surface area contributed by atoms with Crippen molar-refractivity contribution < 1.29 is 9.90 Å². The van der Waals surface area contributed by atoms with Crippen LogP contribution in [-0.4, -0.2) is 29.7 Å². The number of aliphatic hydroxyl groups is 1. The van der Waals surface area contributed by atoms with Crippen LogP contribution in [0.4, 0.5) is 11.4 Å². The van der Waals surface area contributed by atoms with E-state index >= 15 is 0 Å². The van der Waals surface area contributed by atoms with E-state index in [2.05, 4.69) is 21.2 Å². The molecule has 0 radical (unpaired) electrons. The quantitative estimate of drug-likeness (QED) is 0.834. The highest BCUT2D eigenvalue weighted by molar-refractivity contribution is 9.10. The molecule has 1 aromatic rings. The van der Waals surface area contributed by atoms with Crippen LogP contribution >= 0.6 is 15.9 Å². The summed E-state index contributed by atoms with van der Waals surface area (Å²) in [6.07, 6.45) is 3.13. The highest BCUT2D eigenvalue weighted by atomic mass is 79.9. The van der Waals surface area contributed by atoms with Crippen LogP contribution in [0.3, 0.4) is 0 Å². The predicted octanol–water partition coefficient (Wildman–Crippen LogP) is 2.51. The average Bonchev–Trinajstić information content (AvgIpc) is 2.40. The lowest BCUT2D eigenvalue weighted by Gasteiger charge is -2.39. The highest BCUT2D eigenvalue weighted by Crippen LogP contribution is 2.36. The van der Waals surface area contributed by atoms with E-state index in [-0.39, 0.29) is 18.1 Å². The molecule has 0 saturated heterocycles. The predicted molar refractivity (Wildman–Crippen MR) is 78.4 cm³/mol. The first kappa shape index (κ1) is 12.9. The Labute approximate surface area is 120 Å². The number of carbonyl (C=O) groups excluding carboxylic acids is 1. The number of fused-ring (bicyclic) bond motifs is 1.